The van der Waals surface area contributed by atoms with Crippen LogP contribution in [0.25, 0.3) is 0 Å². The van der Waals surface area contributed by atoms with E-state index < -0.39 is 0 Å². The number of nitrogen functional groups attached to an aromatic ring is 1. The van der Waals surface area contributed by atoms with E-state index in [1.807, 2.05) is 23.9 Å². The molecule has 1 aromatic rings. The number of benzene rings is 1. The summed E-state index contributed by atoms with van der Waals surface area (Å²) in [4.78, 5) is 1.18. The minimum Gasteiger partial charge on any atom is -0.398 e. The molecule has 4 heteroatoms. The van der Waals surface area contributed by atoms with Gasteiger partial charge in [0.15, 0.2) is 0 Å². The summed E-state index contributed by atoms with van der Waals surface area (Å²) in [7, 11) is 0. The Morgan fingerprint density at radius 3 is 2.88 bits per heavy atom. The van der Waals surface area contributed by atoms with Crippen molar-refractivity contribution in [3.8, 4) is 0 Å². The van der Waals surface area contributed by atoms with Crippen LogP contribution in [0.4, 0.5) is 5.69 Å². The maximum atomic E-state index is 5.94. The Kier molecular flexibility index (Phi) is 4.55. The van der Waals surface area contributed by atoms with Crippen LogP contribution in [0.15, 0.2) is 27.6 Å². The van der Waals surface area contributed by atoms with Crippen LogP contribution in [-0.2, 0) is 4.74 Å². The van der Waals surface area contributed by atoms with Gasteiger partial charge in [0.1, 0.15) is 0 Å². The van der Waals surface area contributed by atoms with E-state index >= 15 is 0 Å². The van der Waals surface area contributed by atoms with Crippen LogP contribution in [0.5, 0.6) is 0 Å². The lowest BCUT2D eigenvalue weighted by atomic mass is 10.0. The van der Waals surface area contributed by atoms with Crippen LogP contribution in [0, 0.1) is 5.92 Å². The summed E-state index contributed by atoms with van der Waals surface area (Å²) in [6.07, 6.45) is 2.36. The van der Waals surface area contributed by atoms with Crippen molar-refractivity contribution in [3.05, 3.63) is 22.7 Å². The number of halogens is 1. The molecule has 2 nitrogen and oxygen atoms in total. The molecular weight excluding hydrogens is 286 g/mol. The summed E-state index contributed by atoms with van der Waals surface area (Å²) in [6, 6.07) is 6.03. The van der Waals surface area contributed by atoms with Gasteiger partial charge in [-0.1, -0.05) is 15.9 Å². The normalized spacial score (nSPS) is 17.6. The lowest BCUT2D eigenvalue weighted by molar-refractivity contribution is 0.0728. The van der Waals surface area contributed by atoms with Gasteiger partial charge in [0.05, 0.1) is 0 Å². The Morgan fingerprint density at radius 1 is 1.38 bits per heavy atom. The van der Waals surface area contributed by atoms with Crippen LogP contribution in [0.2, 0.25) is 0 Å². The van der Waals surface area contributed by atoms with Crippen molar-refractivity contribution in [2.45, 2.75) is 17.7 Å². The highest BCUT2D eigenvalue weighted by Gasteiger charge is 2.14. The fourth-order valence-electron chi connectivity index (χ4n) is 1.75. The first-order chi connectivity index (χ1) is 7.75. The van der Waals surface area contributed by atoms with Gasteiger partial charge in [-0.15, -0.1) is 11.8 Å². The summed E-state index contributed by atoms with van der Waals surface area (Å²) < 4.78 is 6.45. The molecule has 2 N–H and O–H groups in total. The maximum Gasteiger partial charge on any atom is 0.0468 e. The van der Waals surface area contributed by atoms with Gasteiger partial charge in [0.25, 0.3) is 0 Å². The zero-order valence-electron chi connectivity index (χ0n) is 9.12. The van der Waals surface area contributed by atoms with Crippen molar-refractivity contribution in [2.24, 2.45) is 5.92 Å². The van der Waals surface area contributed by atoms with Gasteiger partial charge in [-0.2, -0.15) is 0 Å². The molecule has 0 spiro atoms. The molecule has 1 saturated heterocycles. The summed E-state index contributed by atoms with van der Waals surface area (Å²) in [5, 5.41) is 0. The number of hydrogen-bond acceptors (Lipinski definition) is 3. The molecule has 0 aliphatic carbocycles. The first-order valence-corrected chi connectivity index (χ1v) is 7.29. The molecule has 1 heterocycles. The Bertz CT molecular complexity index is 353. The van der Waals surface area contributed by atoms with Crippen molar-refractivity contribution in [1.29, 1.82) is 0 Å². The summed E-state index contributed by atoms with van der Waals surface area (Å²) >= 11 is 5.33. The third-order valence-corrected chi connectivity index (χ3v) is 4.59. The van der Waals surface area contributed by atoms with Crippen LogP contribution in [0.1, 0.15) is 12.8 Å². The predicted molar refractivity (Wildman–Crippen MR) is 72.8 cm³/mol. The second kappa shape index (κ2) is 5.94. The Labute approximate surface area is 109 Å². The number of thioether (sulfide) groups is 1. The lowest BCUT2D eigenvalue weighted by Gasteiger charge is -2.21. The van der Waals surface area contributed by atoms with E-state index in [2.05, 4.69) is 22.0 Å². The fourth-order valence-corrected chi connectivity index (χ4v) is 3.46. The molecular formula is C12H16BrNOS. The van der Waals surface area contributed by atoms with Gasteiger partial charge in [0.2, 0.25) is 0 Å². The van der Waals surface area contributed by atoms with Crippen molar-refractivity contribution in [2.75, 3.05) is 24.7 Å². The first-order valence-electron chi connectivity index (χ1n) is 5.51. The molecule has 0 atom stereocenters. The lowest BCUT2D eigenvalue weighted by Crippen LogP contribution is -2.17. The van der Waals surface area contributed by atoms with E-state index in [-0.39, 0.29) is 0 Å². The topological polar surface area (TPSA) is 35.2 Å². The molecule has 1 aliphatic rings. The van der Waals surface area contributed by atoms with Crippen molar-refractivity contribution >= 4 is 33.4 Å². The summed E-state index contributed by atoms with van der Waals surface area (Å²) in [5.74, 6) is 1.92. The minimum absolute atomic E-state index is 0.775. The highest BCUT2D eigenvalue weighted by atomic mass is 79.9. The molecule has 16 heavy (non-hydrogen) atoms. The average molecular weight is 302 g/mol. The van der Waals surface area contributed by atoms with Gasteiger partial charge in [0, 0.05) is 34.0 Å². The second-order valence-electron chi connectivity index (χ2n) is 4.05. The fraction of sp³-hybridized carbons (Fsp3) is 0.500. The Hall–Kier alpha value is -0.190. The molecule has 0 aromatic heterocycles. The molecule has 0 radical (unpaired) electrons. The van der Waals surface area contributed by atoms with E-state index in [9.17, 15) is 0 Å². The van der Waals surface area contributed by atoms with Gasteiger partial charge in [-0.05, 0) is 37.0 Å². The SMILES string of the molecule is Nc1ccc(Br)cc1SCC1CCOCC1. The zero-order chi connectivity index (χ0) is 11.4. The quantitative estimate of drug-likeness (QED) is 0.685. The van der Waals surface area contributed by atoms with Crippen molar-refractivity contribution in [3.63, 3.8) is 0 Å². The van der Waals surface area contributed by atoms with Crippen molar-refractivity contribution < 1.29 is 4.74 Å². The number of rotatable bonds is 3. The third kappa shape index (κ3) is 3.40. The predicted octanol–water partition coefficient (Wildman–Crippen LogP) is 3.55. The monoisotopic (exact) mass is 301 g/mol. The van der Waals surface area contributed by atoms with E-state index in [0.717, 1.165) is 35.0 Å². The molecule has 1 aliphatic heterocycles. The average Bonchev–Trinajstić information content (AvgIpc) is 2.32. The zero-order valence-corrected chi connectivity index (χ0v) is 11.5. The van der Waals surface area contributed by atoms with Crippen LogP contribution in [0.3, 0.4) is 0 Å². The van der Waals surface area contributed by atoms with Crippen LogP contribution in [-0.4, -0.2) is 19.0 Å². The van der Waals surface area contributed by atoms with E-state index in [4.69, 9.17) is 10.5 Å². The van der Waals surface area contributed by atoms with E-state index in [1.54, 1.807) is 0 Å². The van der Waals surface area contributed by atoms with Gasteiger partial charge < -0.3 is 10.5 Å². The van der Waals surface area contributed by atoms with Gasteiger partial charge in [-0.3, -0.25) is 0 Å². The standard InChI is InChI=1S/C12H16BrNOS/c13-10-1-2-11(14)12(7-10)16-8-9-3-5-15-6-4-9/h1-2,7,9H,3-6,8,14H2. The first kappa shape index (κ1) is 12.3. The Morgan fingerprint density at radius 2 is 2.12 bits per heavy atom. The molecule has 88 valence electrons. The van der Waals surface area contributed by atoms with Crippen molar-refractivity contribution in [1.82, 2.24) is 0 Å². The number of anilines is 1. The highest BCUT2D eigenvalue weighted by molar-refractivity contribution is 9.10. The Balaban J connectivity index is 1.90. The summed E-state index contributed by atoms with van der Waals surface area (Å²) in [6.45, 7) is 1.83. The largest absolute Gasteiger partial charge is 0.398 e. The second-order valence-corrected chi connectivity index (χ2v) is 6.03. The molecule has 0 amide bonds. The van der Waals surface area contributed by atoms with E-state index in [0.29, 0.717) is 0 Å². The maximum absolute atomic E-state index is 5.94. The number of hydrogen-bond donors (Lipinski definition) is 1. The molecule has 1 aromatic carbocycles. The molecule has 0 saturated carbocycles. The van der Waals surface area contributed by atoms with Gasteiger partial charge >= 0.3 is 0 Å². The number of ether oxygens (including phenoxy) is 1. The third-order valence-electron chi connectivity index (χ3n) is 2.79. The minimum atomic E-state index is 0.775. The highest BCUT2D eigenvalue weighted by Crippen LogP contribution is 2.31. The molecule has 1 fully saturated rings. The molecule has 2 rings (SSSR count). The van der Waals surface area contributed by atoms with Crippen LogP contribution < -0.4 is 5.73 Å². The smallest absolute Gasteiger partial charge is 0.0468 e. The molecule has 0 bridgehead atoms. The molecule has 0 unspecified atom stereocenters. The van der Waals surface area contributed by atoms with Crippen LogP contribution >= 0.6 is 27.7 Å². The number of nitrogens with two attached hydrogens (primary N) is 1. The summed E-state index contributed by atoms with van der Waals surface area (Å²) in [5.41, 5.74) is 6.81. The van der Waals surface area contributed by atoms with Gasteiger partial charge in [-0.25, -0.2) is 0 Å². The van der Waals surface area contributed by atoms with E-state index in [1.165, 1.54) is 17.7 Å².